The molecule has 0 N–H and O–H groups in total. The Balaban J connectivity index is 2.21. The van der Waals surface area contributed by atoms with Gasteiger partial charge < -0.3 is 0 Å². The van der Waals surface area contributed by atoms with Gasteiger partial charge in [-0.15, -0.1) is 0 Å². The summed E-state index contributed by atoms with van der Waals surface area (Å²) in [6, 6.07) is 11.6. The highest BCUT2D eigenvalue weighted by Gasteiger charge is 2.04. The lowest BCUT2D eigenvalue weighted by atomic mass is 10.1. The van der Waals surface area contributed by atoms with Gasteiger partial charge in [0, 0.05) is 4.86 Å². The summed E-state index contributed by atoms with van der Waals surface area (Å²) < 4.78 is 0. The zero-order valence-electron chi connectivity index (χ0n) is 10.7. The Morgan fingerprint density at radius 2 is 1.55 bits per heavy atom. The van der Waals surface area contributed by atoms with Gasteiger partial charge in [0.25, 0.3) is 0 Å². The first kappa shape index (κ1) is 15.5. The van der Waals surface area contributed by atoms with Crippen LogP contribution in [0.4, 0.5) is 0 Å². The molecule has 0 saturated heterocycles. The van der Waals surface area contributed by atoms with E-state index in [9.17, 15) is 0 Å². The minimum absolute atomic E-state index is 0.367. The van der Waals surface area contributed by atoms with E-state index >= 15 is 0 Å². The van der Waals surface area contributed by atoms with Crippen LogP contribution in [0.5, 0.6) is 0 Å². The first-order valence-electron chi connectivity index (χ1n) is 5.91. The first-order valence-corrected chi connectivity index (χ1v) is 7.45. The van der Waals surface area contributed by atoms with Crippen molar-refractivity contribution in [3.8, 4) is 0 Å². The molecule has 2 aromatic rings. The summed E-state index contributed by atoms with van der Waals surface area (Å²) in [4.78, 5) is 0.757. The van der Waals surface area contributed by atoms with Crippen molar-refractivity contribution in [1.82, 2.24) is 0 Å². The molecule has 2 rings (SSSR count). The van der Waals surface area contributed by atoms with Gasteiger partial charge in [-0.05, 0) is 36.3 Å². The highest BCUT2D eigenvalue weighted by molar-refractivity contribution is 7.81. The second kappa shape index (κ2) is 6.73. The van der Waals surface area contributed by atoms with Crippen LogP contribution in [0.25, 0.3) is 6.08 Å². The normalized spacial score (nSPS) is 11.0. The second-order valence-corrected chi connectivity index (χ2v) is 5.99. The summed E-state index contributed by atoms with van der Waals surface area (Å²) in [5.41, 5.74) is 3.07. The minimum atomic E-state index is 0.367. The van der Waals surface area contributed by atoms with E-state index in [0.717, 1.165) is 16.0 Å². The van der Waals surface area contributed by atoms with E-state index in [1.54, 1.807) is 12.1 Å². The molecule has 0 nitrogen and oxygen atoms in total. The Labute approximate surface area is 139 Å². The summed E-state index contributed by atoms with van der Waals surface area (Å²) in [6.45, 7) is 2.04. The van der Waals surface area contributed by atoms with Crippen molar-refractivity contribution in [1.29, 1.82) is 0 Å². The molecular weight excluding hydrogens is 331 g/mol. The number of thiocarbonyl (C=S) groups is 1. The third kappa shape index (κ3) is 3.83. The average Bonchev–Trinajstić information content (AvgIpc) is 2.42. The van der Waals surface area contributed by atoms with Crippen molar-refractivity contribution in [3.63, 3.8) is 0 Å². The largest absolute Gasteiger partial charge is 0.0826 e. The van der Waals surface area contributed by atoms with E-state index < -0.39 is 0 Å². The van der Waals surface area contributed by atoms with Crippen molar-refractivity contribution in [3.05, 3.63) is 74.2 Å². The van der Waals surface area contributed by atoms with Crippen LogP contribution in [0.15, 0.2) is 42.5 Å². The Hall–Kier alpha value is -0.860. The van der Waals surface area contributed by atoms with Gasteiger partial charge >= 0.3 is 0 Å². The minimum Gasteiger partial charge on any atom is -0.0826 e. The van der Waals surface area contributed by atoms with E-state index in [1.165, 1.54) is 5.56 Å². The molecule has 0 radical (unpaired) electrons. The Morgan fingerprint density at radius 1 is 1.00 bits per heavy atom. The molecule has 0 bridgehead atoms. The molecule has 4 heteroatoms. The number of allylic oxidation sites excluding steroid dienone is 1. The summed E-state index contributed by atoms with van der Waals surface area (Å²) in [5, 5.41) is 1.23. The third-order valence-electron chi connectivity index (χ3n) is 2.77. The van der Waals surface area contributed by atoms with Gasteiger partial charge in [0.1, 0.15) is 0 Å². The van der Waals surface area contributed by atoms with Gasteiger partial charge in [0.15, 0.2) is 0 Å². The second-order valence-electron chi connectivity index (χ2n) is 4.36. The topological polar surface area (TPSA) is 0 Å². The van der Waals surface area contributed by atoms with Crippen LogP contribution in [-0.4, -0.2) is 4.86 Å². The highest BCUT2D eigenvalue weighted by Crippen LogP contribution is 2.31. The molecule has 0 unspecified atom stereocenters. The Bertz CT molecular complexity index is 650. The molecule has 102 valence electrons. The lowest BCUT2D eigenvalue weighted by Crippen LogP contribution is -1.92. The zero-order valence-corrected chi connectivity index (χ0v) is 13.7. The van der Waals surface area contributed by atoms with Gasteiger partial charge in [-0.3, -0.25) is 0 Å². The molecule has 0 spiro atoms. The molecule has 0 fully saturated rings. The fourth-order valence-electron chi connectivity index (χ4n) is 1.66. The number of halogens is 3. The van der Waals surface area contributed by atoms with E-state index in [0.29, 0.717) is 15.1 Å². The number of hydrogen-bond acceptors (Lipinski definition) is 1. The van der Waals surface area contributed by atoms with E-state index in [4.69, 9.17) is 47.0 Å². The van der Waals surface area contributed by atoms with Crippen molar-refractivity contribution in [2.75, 3.05) is 0 Å². The van der Waals surface area contributed by atoms with Crippen molar-refractivity contribution in [2.45, 2.75) is 6.92 Å². The van der Waals surface area contributed by atoms with Gasteiger partial charge in [0.05, 0.1) is 15.1 Å². The maximum absolute atomic E-state index is 5.99. The fraction of sp³-hybridized carbons (Fsp3) is 0.0625. The SMILES string of the molecule is Cc1ccc(C(=S)C=Cc2cc(Cl)c(Cl)c(Cl)c2)cc1. The monoisotopic (exact) mass is 340 g/mol. The van der Waals surface area contributed by atoms with Gasteiger partial charge in [-0.2, -0.15) is 0 Å². The molecule has 0 atom stereocenters. The maximum Gasteiger partial charge on any atom is 0.0778 e. The lowest BCUT2D eigenvalue weighted by Gasteiger charge is -2.02. The van der Waals surface area contributed by atoms with Crippen LogP contribution in [0.1, 0.15) is 16.7 Å². The van der Waals surface area contributed by atoms with Crippen LogP contribution >= 0.6 is 47.0 Å². The molecule has 0 aliphatic rings. The Kier molecular flexibility index (Phi) is 5.22. The number of rotatable bonds is 3. The predicted molar refractivity (Wildman–Crippen MR) is 93.4 cm³/mol. The molecule has 20 heavy (non-hydrogen) atoms. The number of aryl methyl sites for hydroxylation is 1. The van der Waals surface area contributed by atoms with E-state index in [2.05, 4.69) is 0 Å². The fourth-order valence-corrected chi connectivity index (χ4v) is 2.47. The molecule has 0 aliphatic carbocycles. The van der Waals surface area contributed by atoms with Crippen molar-refractivity contribution in [2.24, 2.45) is 0 Å². The Morgan fingerprint density at radius 3 is 2.10 bits per heavy atom. The quantitative estimate of drug-likeness (QED) is 0.270. The summed E-state index contributed by atoms with van der Waals surface area (Å²) in [5.74, 6) is 0. The van der Waals surface area contributed by atoms with Crippen molar-refractivity contribution < 1.29 is 0 Å². The van der Waals surface area contributed by atoms with Crippen LogP contribution in [0.2, 0.25) is 15.1 Å². The highest BCUT2D eigenvalue weighted by atomic mass is 35.5. The van der Waals surface area contributed by atoms with Crippen LogP contribution in [-0.2, 0) is 0 Å². The molecule has 0 amide bonds. The average molecular weight is 342 g/mol. The summed E-state index contributed by atoms with van der Waals surface area (Å²) in [6.07, 6.45) is 3.73. The summed E-state index contributed by atoms with van der Waals surface area (Å²) in [7, 11) is 0. The zero-order chi connectivity index (χ0) is 14.7. The van der Waals surface area contributed by atoms with E-state index in [1.807, 2.05) is 43.3 Å². The van der Waals surface area contributed by atoms with Gasteiger partial charge in [0.2, 0.25) is 0 Å². The number of hydrogen-bond donors (Lipinski definition) is 0. The molecule has 0 saturated carbocycles. The molecular formula is C16H11Cl3S. The third-order valence-corrected chi connectivity index (χ3v) is 4.34. The van der Waals surface area contributed by atoms with Crippen LogP contribution < -0.4 is 0 Å². The standard InChI is InChI=1S/C16H11Cl3S/c1-10-2-5-12(6-3-10)15(20)7-4-11-8-13(17)16(19)14(18)9-11/h2-9H,1H3. The molecule has 0 aliphatic heterocycles. The lowest BCUT2D eigenvalue weighted by molar-refractivity contribution is 1.47. The maximum atomic E-state index is 5.99. The number of benzene rings is 2. The van der Waals surface area contributed by atoms with Crippen LogP contribution in [0.3, 0.4) is 0 Å². The van der Waals surface area contributed by atoms with Gasteiger partial charge in [-0.25, -0.2) is 0 Å². The molecule has 0 heterocycles. The van der Waals surface area contributed by atoms with E-state index in [-0.39, 0.29) is 0 Å². The first-order chi connectivity index (χ1) is 9.47. The molecule has 2 aromatic carbocycles. The molecule has 0 aromatic heterocycles. The summed E-state index contributed by atoms with van der Waals surface area (Å²) >= 11 is 23.3. The van der Waals surface area contributed by atoms with Gasteiger partial charge in [-0.1, -0.05) is 82.9 Å². The predicted octanol–water partition coefficient (Wildman–Crippen LogP) is 6.39. The van der Waals surface area contributed by atoms with Crippen LogP contribution in [0, 0.1) is 6.92 Å². The van der Waals surface area contributed by atoms with Crippen molar-refractivity contribution >= 4 is 58.0 Å². The smallest absolute Gasteiger partial charge is 0.0778 e.